The van der Waals surface area contributed by atoms with Crippen molar-refractivity contribution >= 4 is 87.5 Å². The number of benzene rings is 8. The van der Waals surface area contributed by atoms with E-state index >= 15 is 0 Å². The second-order valence-electron chi connectivity index (χ2n) is 15.1. The van der Waals surface area contributed by atoms with E-state index in [2.05, 4.69) is 167 Å². The van der Waals surface area contributed by atoms with Gasteiger partial charge in [0.25, 0.3) is 0 Å². The van der Waals surface area contributed by atoms with Crippen molar-refractivity contribution < 1.29 is 8.83 Å². The second kappa shape index (κ2) is 11.8. The summed E-state index contributed by atoms with van der Waals surface area (Å²) in [6.07, 6.45) is 0. The number of hydrogen-bond acceptors (Lipinski definition) is 3. The van der Waals surface area contributed by atoms with E-state index in [0.717, 1.165) is 83.2 Å². The van der Waals surface area contributed by atoms with Crippen LogP contribution in [0.5, 0.6) is 0 Å². The molecule has 0 aliphatic carbocycles. The minimum Gasteiger partial charge on any atom is -0.455 e. The molecule has 0 bridgehead atoms. The molecule has 5 heterocycles. The quantitative estimate of drug-likeness (QED) is 0.180. The predicted molar refractivity (Wildman–Crippen MR) is 238 cm³/mol. The summed E-state index contributed by atoms with van der Waals surface area (Å²) in [4.78, 5) is 5.44. The van der Waals surface area contributed by atoms with Crippen LogP contribution in [-0.4, -0.2) is 14.1 Å². The zero-order valence-corrected chi connectivity index (χ0v) is 31.1. The Morgan fingerprint density at radius 1 is 0.345 bits per heavy atom. The van der Waals surface area contributed by atoms with Crippen LogP contribution < -0.4 is 0 Å². The molecular weight excluding hydrogens is 711 g/mol. The third-order valence-electron chi connectivity index (χ3n) is 11.9. The van der Waals surface area contributed by atoms with Gasteiger partial charge in [-0.1, -0.05) is 115 Å². The van der Waals surface area contributed by atoms with Gasteiger partial charge in [0.1, 0.15) is 28.3 Å². The lowest BCUT2D eigenvalue weighted by Crippen LogP contribution is -1.99. The largest absolute Gasteiger partial charge is 0.455 e. The molecule has 0 fully saturated rings. The Morgan fingerprint density at radius 3 is 1.64 bits per heavy atom. The van der Waals surface area contributed by atoms with Crippen LogP contribution in [0.4, 0.5) is 0 Å². The van der Waals surface area contributed by atoms with Gasteiger partial charge in [-0.25, -0.2) is 4.98 Å². The highest BCUT2D eigenvalue weighted by Crippen LogP contribution is 2.44. The fourth-order valence-electron chi connectivity index (χ4n) is 9.34. The molecule has 0 radical (unpaired) electrons. The molecule has 0 unspecified atom stereocenters. The molecule has 0 aliphatic rings. The summed E-state index contributed by atoms with van der Waals surface area (Å²) in [7, 11) is 0. The lowest BCUT2D eigenvalue weighted by atomic mass is 10.0. The van der Waals surface area contributed by atoms with Gasteiger partial charge in [-0.05, 0) is 83.9 Å². The number of furan rings is 2. The monoisotopic (exact) mass is 741 g/mol. The van der Waals surface area contributed by atoms with E-state index < -0.39 is 0 Å². The first-order valence-corrected chi connectivity index (χ1v) is 19.6. The van der Waals surface area contributed by atoms with E-state index in [4.69, 9.17) is 13.8 Å². The lowest BCUT2D eigenvalue weighted by molar-refractivity contribution is 0.662. The fraction of sp³-hybridized carbons (Fsp3) is 0. The Labute approximate surface area is 331 Å². The Bertz CT molecular complexity index is 3790. The minimum absolute atomic E-state index is 0.741. The zero-order valence-electron chi connectivity index (χ0n) is 31.1. The summed E-state index contributed by atoms with van der Waals surface area (Å²) in [6, 6.07) is 66.5. The van der Waals surface area contributed by atoms with E-state index in [1.54, 1.807) is 0 Å². The Balaban J connectivity index is 1.05. The van der Waals surface area contributed by atoms with Crippen molar-refractivity contribution in [2.24, 2.45) is 0 Å². The van der Waals surface area contributed by atoms with Gasteiger partial charge in [0, 0.05) is 49.0 Å². The SMILES string of the molecule is c1ccc(-c2nc(-n3c4ccccc4c4cc(-c5ccc6c(c5)c5ccccc5n6-c5ccccc5)ccc43)cc3c2oc2ccc4c5ccccc5oc4c23)cc1. The number of pyridine rings is 1. The van der Waals surface area contributed by atoms with Crippen molar-refractivity contribution in [1.29, 1.82) is 0 Å². The molecule has 0 saturated carbocycles. The fourth-order valence-corrected chi connectivity index (χ4v) is 9.34. The Morgan fingerprint density at radius 2 is 0.914 bits per heavy atom. The molecule has 0 atom stereocenters. The number of fused-ring (bicyclic) bond motifs is 13. The van der Waals surface area contributed by atoms with E-state index in [-0.39, 0.29) is 0 Å². The highest BCUT2D eigenvalue weighted by molar-refractivity contribution is 6.23. The average molecular weight is 742 g/mol. The standard InChI is InChI=1S/C53H31N3O2/c1-3-13-32(14-4-1)51-53-42(50-48(58-53)28-25-39-38-19-9-12-22-47(38)57-52(39)50)31-49(54-51)56-44-21-11-8-18-37(44)41-30-34(24-27-46(41)56)33-23-26-45-40(29-33)36-17-7-10-20-43(36)55(45)35-15-5-2-6-16-35/h1-31H. The molecule has 5 heteroatoms. The Hall–Kier alpha value is -7.89. The van der Waals surface area contributed by atoms with Crippen molar-refractivity contribution in [2.75, 3.05) is 0 Å². The molecule has 270 valence electrons. The lowest BCUT2D eigenvalue weighted by Gasteiger charge is -2.11. The van der Waals surface area contributed by atoms with Gasteiger partial charge in [0.15, 0.2) is 5.58 Å². The first-order valence-electron chi connectivity index (χ1n) is 19.6. The highest BCUT2D eigenvalue weighted by atomic mass is 16.3. The Kier molecular flexibility index (Phi) is 6.38. The number of nitrogens with zero attached hydrogens (tertiary/aromatic N) is 3. The molecule has 58 heavy (non-hydrogen) atoms. The normalized spacial score (nSPS) is 12.1. The average Bonchev–Trinajstić information content (AvgIpc) is 4.04. The van der Waals surface area contributed by atoms with Gasteiger partial charge in [-0.2, -0.15) is 0 Å². The van der Waals surface area contributed by atoms with Crippen LogP contribution in [0.3, 0.4) is 0 Å². The molecule has 5 nitrogen and oxygen atoms in total. The summed E-state index contributed by atoms with van der Waals surface area (Å²) in [6.45, 7) is 0. The number of hydrogen-bond donors (Lipinski definition) is 0. The summed E-state index contributed by atoms with van der Waals surface area (Å²) >= 11 is 0. The second-order valence-corrected chi connectivity index (χ2v) is 15.1. The van der Waals surface area contributed by atoms with E-state index in [1.165, 1.54) is 38.1 Å². The first kappa shape index (κ1) is 31.3. The van der Waals surface area contributed by atoms with Crippen LogP contribution in [0.2, 0.25) is 0 Å². The van der Waals surface area contributed by atoms with Crippen molar-refractivity contribution in [3.63, 3.8) is 0 Å². The molecule has 13 aromatic rings. The molecule has 0 amide bonds. The maximum Gasteiger partial charge on any atom is 0.161 e. The zero-order chi connectivity index (χ0) is 37.9. The van der Waals surface area contributed by atoms with Crippen LogP contribution in [0, 0.1) is 0 Å². The topological polar surface area (TPSA) is 49.0 Å². The summed E-state index contributed by atoms with van der Waals surface area (Å²) in [5.74, 6) is 0.816. The molecule has 13 rings (SSSR count). The van der Waals surface area contributed by atoms with Crippen LogP contribution in [0.25, 0.3) is 121 Å². The third-order valence-corrected chi connectivity index (χ3v) is 11.9. The van der Waals surface area contributed by atoms with Crippen LogP contribution in [0.1, 0.15) is 0 Å². The van der Waals surface area contributed by atoms with Gasteiger partial charge in [0.05, 0.1) is 27.5 Å². The molecule has 0 aliphatic heterocycles. The van der Waals surface area contributed by atoms with Crippen LogP contribution >= 0.6 is 0 Å². The molecule has 0 N–H and O–H groups in total. The summed E-state index contributed by atoms with van der Waals surface area (Å²) in [5, 5.41) is 8.88. The maximum absolute atomic E-state index is 6.70. The van der Waals surface area contributed by atoms with Crippen LogP contribution in [-0.2, 0) is 0 Å². The first-order chi connectivity index (χ1) is 28.8. The van der Waals surface area contributed by atoms with Gasteiger partial charge in [-0.3, -0.25) is 4.57 Å². The number of para-hydroxylation sites is 4. The minimum atomic E-state index is 0.741. The molecular formula is C53H31N3O2. The van der Waals surface area contributed by atoms with Crippen molar-refractivity contribution in [3.8, 4) is 33.9 Å². The predicted octanol–water partition coefficient (Wildman–Crippen LogP) is 14.4. The molecule has 0 saturated heterocycles. The molecule has 8 aromatic carbocycles. The summed E-state index contributed by atoms with van der Waals surface area (Å²) in [5.41, 5.74) is 13.0. The van der Waals surface area contributed by atoms with Crippen molar-refractivity contribution in [3.05, 3.63) is 188 Å². The third kappa shape index (κ3) is 4.38. The number of aromatic nitrogens is 3. The van der Waals surface area contributed by atoms with E-state index in [1.807, 2.05) is 30.3 Å². The highest BCUT2D eigenvalue weighted by Gasteiger charge is 2.23. The van der Waals surface area contributed by atoms with Crippen molar-refractivity contribution in [2.45, 2.75) is 0 Å². The van der Waals surface area contributed by atoms with Gasteiger partial charge >= 0.3 is 0 Å². The van der Waals surface area contributed by atoms with Gasteiger partial charge in [0.2, 0.25) is 0 Å². The van der Waals surface area contributed by atoms with Gasteiger partial charge < -0.3 is 13.4 Å². The number of rotatable bonds is 4. The van der Waals surface area contributed by atoms with E-state index in [9.17, 15) is 0 Å². The molecule has 0 spiro atoms. The smallest absolute Gasteiger partial charge is 0.161 e. The van der Waals surface area contributed by atoms with Crippen LogP contribution in [0.15, 0.2) is 197 Å². The maximum atomic E-state index is 6.70. The van der Waals surface area contributed by atoms with Crippen molar-refractivity contribution in [1.82, 2.24) is 14.1 Å². The van der Waals surface area contributed by atoms with E-state index in [0.29, 0.717) is 0 Å². The summed E-state index contributed by atoms with van der Waals surface area (Å²) < 4.78 is 18.0. The molecule has 5 aromatic heterocycles. The van der Waals surface area contributed by atoms with Gasteiger partial charge in [-0.15, -0.1) is 0 Å².